The van der Waals surface area contributed by atoms with Gasteiger partial charge in [-0.25, -0.2) is 10.2 Å². The van der Waals surface area contributed by atoms with Gasteiger partial charge >= 0.3 is 12.1 Å². The number of hydrogen-bond acceptors (Lipinski definition) is 8. The average molecular weight is 501 g/mol. The van der Waals surface area contributed by atoms with Crippen molar-refractivity contribution >= 4 is 23.7 Å². The molecule has 1 aliphatic rings. The Morgan fingerprint density at radius 1 is 1.25 bits per heavy atom. The molecule has 0 aliphatic carbocycles. The van der Waals surface area contributed by atoms with Gasteiger partial charge in [0.1, 0.15) is 5.60 Å². The summed E-state index contributed by atoms with van der Waals surface area (Å²) in [6, 6.07) is 9.10. The molecule has 196 valence electrons. The Balaban J connectivity index is 2.15. The van der Waals surface area contributed by atoms with E-state index in [9.17, 15) is 19.6 Å². The Hall–Kier alpha value is -3.78. The van der Waals surface area contributed by atoms with Crippen LogP contribution in [0.5, 0.6) is 0 Å². The molecule has 1 saturated heterocycles. The largest absolute Gasteiger partial charge is 0.481 e. The molecule has 0 spiro atoms. The molecular weight excluding hydrogens is 464 g/mol. The van der Waals surface area contributed by atoms with Crippen molar-refractivity contribution in [1.82, 2.24) is 15.3 Å². The van der Waals surface area contributed by atoms with Crippen molar-refractivity contribution in [3.8, 4) is 6.07 Å². The van der Waals surface area contributed by atoms with Crippen molar-refractivity contribution in [1.29, 1.82) is 5.26 Å². The lowest BCUT2D eigenvalue weighted by atomic mass is 9.84. The van der Waals surface area contributed by atoms with Crippen molar-refractivity contribution in [3.63, 3.8) is 0 Å². The molecule has 36 heavy (non-hydrogen) atoms. The van der Waals surface area contributed by atoms with Gasteiger partial charge < -0.3 is 30.8 Å². The molecule has 0 unspecified atom stereocenters. The van der Waals surface area contributed by atoms with Crippen LogP contribution in [0.15, 0.2) is 36.0 Å². The molecule has 0 aromatic heterocycles. The van der Waals surface area contributed by atoms with Crippen LogP contribution in [0.4, 0.5) is 10.5 Å². The number of benzene rings is 1. The van der Waals surface area contributed by atoms with Crippen molar-refractivity contribution < 1.29 is 24.2 Å². The third-order valence-electron chi connectivity index (χ3n) is 5.90. The molecule has 0 radical (unpaired) electrons. The van der Waals surface area contributed by atoms with Gasteiger partial charge in [-0.2, -0.15) is 5.26 Å². The normalized spacial score (nSPS) is 15.5. The predicted octanol–water partition coefficient (Wildman–Crippen LogP) is 2.21. The van der Waals surface area contributed by atoms with Crippen molar-refractivity contribution in [2.24, 2.45) is 5.73 Å². The van der Waals surface area contributed by atoms with Gasteiger partial charge in [-0.15, -0.1) is 0 Å². The summed E-state index contributed by atoms with van der Waals surface area (Å²) in [5.41, 5.74) is 9.11. The minimum atomic E-state index is -0.912. The van der Waals surface area contributed by atoms with Gasteiger partial charge in [0.05, 0.1) is 30.0 Å². The van der Waals surface area contributed by atoms with E-state index in [0.29, 0.717) is 37.2 Å². The number of likely N-dealkylation sites (tertiary alicyclic amines) is 1. The summed E-state index contributed by atoms with van der Waals surface area (Å²) in [5, 5.41) is 23.3. The third kappa shape index (κ3) is 8.16. The van der Waals surface area contributed by atoms with E-state index >= 15 is 0 Å². The second-order valence-corrected chi connectivity index (χ2v) is 9.76. The molecule has 1 aliphatic heterocycles. The first-order chi connectivity index (χ1) is 16.9. The van der Waals surface area contributed by atoms with Gasteiger partial charge in [0.2, 0.25) is 5.91 Å². The molecule has 1 aromatic carbocycles. The second kappa shape index (κ2) is 12.3. The van der Waals surface area contributed by atoms with Gasteiger partial charge in [0, 0.05) is 38.6 Å². The summed E-state index contributed by atoms with van der Waals surface area (Å²) in [7, 11) is 1.70. The number of primary amides is 1. The number of anilines is 1. The minimum absolute atomic E-state index is 0.0732. The number of carbonyl (C=O) groups is 3. The standard InChI is InChI=1S/C25H36N6O5/c1-24(2,3)36-23(35)30-13-10-25(9-12-26,11-14-30)31(28-4)17-19(22(27)34)16-29-20-7-5-18(6-8-20)15-21(32)33/h5-8,17,28-29H,9-11,13-16H2,1-4H3,(H2,27,34)(H,32,33)/b19-17+. The number of hydrazine groups is 1. The fourth-order valence-electron chi connectivity index (χ4n) is 3.99. The molecule has 5 N–H and O–H groups in total. The Morgan fingerprint density at radius 3 is 2.33 bits per heavy atom. The van der Waals surface area contributed by atoms with E-state index in [1.807, 2.05) is 20.8 Å². The summed E-state index contributed by atoms with van der Waals surface area (Å²) >= 11 is 0. The highest BCUT2D eigenvalue weighted by atomic mass is 16.6. The number of piperidine rings is 1. The highest BCUT2D eigenvalue weighted by molar-refractivity contribution is 5.92. The van der Waals surface area contributed by atoms with E-state index in [4.69, 9.17) is 15.6 Å². The quantitative estimate of drug-likeness (QED) is 0.279. The predicted molar refractivity (Wildman–Crippen MR) is 134 cm³/mol. The van der Waals surface area contributed by atoms with E-state index in [1.165, 1.54) is 0 Å². The first-order valence-corrected chi connectivity index (χ1v) is 11.8. The molecule has 0 bridgehead atoms. The number of carboxylic acids is 1. The number of aliphatic carboxylic acids is 1. The molecule has 11 nitrogen and oxygen atoms in total. The first-order valence-electron chi connectivity index (χ1n) is 11.8. The third-order valence-corrected chi connectivity index (χ3v) is 5.90. The van der Waals surface area contributed by atoms with Crippen LogP contribution in [0.1, 0.15) is 45.6 Å². The lowest BCUT2D eigenvalue weighted by molar-refractivity contribution is -0.136. The number of nitriles is 1. The maximum Gasteiger partial charge on any atom is 0.410 e. The van der Waals surface area contributed by atoms with Crippen LogP contribution in [0.2, 0.25) is 0 Å². The van der Waals surface area contributed by atoms with Gasteiger partial charge in [0.25, 0.3) is 0 Å². The van der Waals surface area contributed by atoms with E-state index < -0.39 is 29.1 Å². The van der Waals surface area contributed by atoms with Crippen LogP contribution in [0.3, 0.4) is 0 Å². The number of hydrogen-bond donors (Lipinski definition) is 4. The Labute approximate surface area is 211 Å². The van der Waals surface area contributed by atoms with Gasteiger partial charge in [0.15, 0.2) is 0 Å². The van der Waals surface area contributed by atoms with Crippen molar-refractivity contribution in [2.75, 3.05) is 32.0 Å². The number of rotatable bonds is 10. The fourth-order valence-corrected chi connectivity index (χ4v) is 3.99. The minimum Gasteiger partial charge on any atom is -0.481 e. The number of carbonyl (C=O) groups excluding carboxylic acids is 2. The molecule has 1 heterocycles. The highest BCUT2D eigenvalue weighted by Crippen LogP contribution is 2.32. The molecular formula is C25H36N6O5. The molecule has 2 amide bonds. The maximum atomic E-state index is 12.5. The van der Waals surface area contributed by atoms with Gasteiger partial charge in [-0.3, -0.25) is 9.59 Å². The molecule has 1 aromatic rings. The molecule has 2 rings (SSSR count). The van der Waals surface area contributed by atoms with Crippen molar-refractivity contribution in [3.05, 3.63) is 41.6 Å². The number of carboxylic acid groups (broad SMARTS) is 1. The number of nitrogens with one attached hydrogen (secondary N) is 2. The monoisotopic (exact) mass is 500 g/mol. The van der Waals surface area contributed by atoms with Crippen molar-refractivity contribution in [2.45, 2.75) is 57.6 Å². The smallest absolute Gasteiger partial charge is 0.410 e. The van der Waals surface area contributed by atoms with Crippen LogP contribution in [-0.4, -0.2) is 70.8 Å². The second-order valence-electron chi connectivity index (χ2n) is 9.76. The Morgan fingerprint density at radius 2 is 1.86 bits per heavy atom. The summed E-state index contributed by atoms with van der Waals surface area (Å²) in [6.45, 7) is 6.36. The van der Waals surface area contributed by atoms with Crippen LogP contribution >= 0.6 is 0 Å². The van der Waals surface area contributed by atoms with E-state index in [0.717, 1.165) is 0 Å². The molecule has 0 saturated carbocycles. The lowest BCUT2D eigenvalue weighted by Gasteiger charge is -2.47. The molecule has 1 fully saturated rings. The van der Waals surface area contributed by atoms with Crippen LogP contribution in [0.25, 0.3) is 0 Å². The summed E-state index contributed by atoms with van der Waals surface area (Å²) < 4.78 is 5.47. The fraction of sp³-hybridized carbons (Fsp3) is 0.520. The topological polar surface area (TPSA) is 161 Å². The molecule has 11 heteroatoms. The number of nitrogens with zero attached hydrogens (tertiary/aromatic N) is 3. The van der Waals surface area contributed by atoms with Crippen LogP contribution in [0, 0.1) is 11.3 Å². The zero-order chi connectivity index (χ0) is 26.9. The molecule has 0 atom stereocenters. The number of amides is 2. The number of ether oxygens (including phenoxy) is 1. The van der Waals surface area contributed by atoms with Gasteiger partial charge in [-0.1, -0.05) is 12.1 Å². The summed E-state index contributed by atoms with van der Waals surface area (Å²) in [5.74, 6) is -1.53. The van der Waals surface area contributed by atoms with Crippen LogP contribution in [-0.2, 0) is 20.7 Å². The zero-order valence-electron chi connectivity index (χ0n) is 21.3. The average Bonchev–Trinajstić information content (AvgIpc) is 2.79. The Bertz CT molecular complexity index is 1000. The van der Waals surface area contributed by atoms with E-state index in [-0.39, 0.29) is 25.0 Å². The SMILES string of the molecule is CNN(/C=C(\CNc1ccc(CC(=O)O)cc1)C(N)=O)C1(CC#N)CCN(C(=O)OC(C)(C)C)CC1. The van der Waals surface area contributed by atoms with E-state index in [1.54, 1.807) is 47.4 Å². The maximum absolute atomic E-state index is 12.5. The zero-order valence-corrected chi connectivity index (χ0v) is 21.3. The first kappa shape index (κ1) is 28.5. The van der Waals surface area contributed by atoms with Crippen LogP contribution < -0.4 is 16.5 Å². The highest BCUT2D eigenvalue weighted by Gasteiger charge is 2.41. The Kier molecular flexibility index (Phi) is 9.69. The lowest BCUT2D eigenvalue weighted by Crippen LogP contribution is -2.58. The summed E-state index contributed by atoms with van der Waals surface area (Å²) in [4.78, 5) is 37.2. The number of nitrogens with two attached hydrogens (primary N) is 1. The van der Waals surface area contributed by atoms with E-state index in [2.05, 4.69) is 16.8 Å². The summed E-state index contributed by atoms with van der Waals surface area (Å²) in [6.07, 6.45) is 2.29. The van der Waals surface area contributed by atoms with Gasteiger partial charge in [-0.05, 0) is 51.3 Å².